The third-order valence-electron chi connectivity index (χ3n) is 4.71. The SMILES string of the molecule is CCOc1ccc(NC(=O)c2cc(-c3ccco3)nc3c2c(C)nn3C)cc1OC. The van der Waals surface area contributed by atoms with Crippen molar-refractivity contribution in [2.45, 2.75) is 13.8 Å². The first-order valence-electron chi connectivity index (χ1n) is 9.52. The van der Waals surface area contributed by atoms with Crippen LogP contribution in [0.5, 0.6) is 11.5 Å². The Kier molecular flexibility index (Phi) is 5.14. The zero-order chi connectivity index (χ0) is 21.3. The second-order valence-electron chi connectivity index (χ2n) is 6.69. The fraction of sp³-hybridized carbons (Fsp3) is 0.227. The second kappa shape index (κ2) is 7.90. The Morgan fingerprint density at radius 2 is 2.07 bits per heavy atom. The van der Waals surface area contributed by atoms with Crippen LogP contribution in [0.2, 0.25) is 0 Å². The molecule has 1 N–H and O–H groups in total. The van der Waals surface area contributed by atoms with Crippen LogP contribution < -0.4 is 14.8 Å². The first-order chi connectivity index (χ1) is 14.5. The van der Waals surface area contributed by atoms with Gasteiger partial charge in [-0.2, -0.15) is 5.10 Å². The number of nitrogens with one attached hydrogen (secondary N) is 1. The number of hydrogen-bond donors (Lipinski definition) is 1. The van der Waals surface area contributed by atoms with Crippen LogP contribution in [-0.4, -0.2) is 34.4 Å². The molecule has 1 amide bonds. The Morgan fingerprint density at radius 1 is 1.23 bits per heavy atom. The summed E-state index contributed by atoms with van der Waals surface area (Å²) in [5, 5.41) is 8.06. The lowest BCUT2D eigenvalue weighted by atomic mass is 10.1. The first-order valence-corrected chi connectivity index (χ1v) is 9.52. The molecule has 0 fully saturated rings. The molecule has 0 unspecified atom stereocenters. The van der Waals surface area contributed by atoms with Gasteiger partial charge in [-0.25, -0.2) is 4.98 Å². The van der Waals surface area contributed by atoms with Crippen molar-refractivity contribution in [3.63, 3.8) is 0 Å². The molecule has 0 saturated carbocycles. The predicted octanol–water partition coefficient (Wildman–Crippen LogP) is 4.20. The molecule has 4 aromatic rings. The molecule has 0 aliphatic carbocycles. The number of carbonyl (C=O) groups excluding carboxylic acids is 1. The number of methoxy groups -OCH3 is 1. The number of rotatable bonds is 6. The molecule has 0 aliphatic rings. The molecule has 8 nitrogen and oxygen atoms in total. The summed E-state index contributed by atoms with van der Waals surface area (Å²) in [6.45, 7) is 4.27. The van der Waals surface area contributed by atoms with E-state index in [0.29, 0.717) is 51.8 Å². The molecule has 0 aliphatic heterocycles. The summed E-state index contributed by atoms with van der Waals surface area (Å²) in [5.74, 6) is 1.46. The molecule has 154 valence electrons. The van der Waals surface area contributed by atoms with E-state index < -0.39 is 0 Å². The van der Waals surface area contributed by atoms with Crippen LogP contribution >= 0.6 is 0 Å². The first kappa shape index (κ1) is 19.5. The van der Waals surface area contributed by atoms with Gasteiger partial charge in [0, 0.05) is 18.8 Å². The number of benzene rings is 1. The van der Waals surface area contributed by atoms with E-state index in [0.717, 1.165) is 5.69 Å². The van der Waals surface area contributed by atoms with E-state index in [4.69, 9.17) is 13.9 Å². The van der Waals surface area contributed by atoms with E-state index in [1.54, 1.807) is 61.5 Å². The highest BCUT2D eigenvalue weighted by Gasteiger charge is 2.20. The van der Waals surface area contributed by atoms with E-state index in [-0.39, 0.29) is 5.91 Å². The van der Waals surface area contributed by atoms with Crippen molar-refractivity contribution in [2.24, 2.45) is 7.05 Å². The predicted molar refractivity (Wildman–Crippen MR) is 113 cm³/mol. The van der Waals surface area contributed by atoms with E-state index in [1.165, 1.54) is 0 Å². The molecule has 3 aromatic heterocycles. The van der Waals surface area contributed by atoms with Crippen molar-refractivity contribution in [2.75, 3.05) is 19.0 Å². The number of carbonyl (C=O) groups is 1. The molecule has 4 rings (SSSR count). The maximum Gasteiger partial charge on any atom is 0.256 e. The standard InChI is InChI=1S/C22H22N4O4/c1-5-29-18-9-8-14(11-19(18)28-4)23-22(27)15-12-16(17-7-6-10-30-17)24-21-20(15)13(2)25-26(21)3/h6-12H,5H2,1-4H3,(H,23,27). The summed E-state index contributed by atoms with van der Waals surface area (Å²) in [7, 11) is 3.36. The van der Waals surface area contributed by atoms with Gasteiger partial charge in [0.15, 0.2) is 22.9 Å². The lowest BCUT2D eigenvalue weighted by Gasteiger charge is -2.12. The third-order valence-corrected chi connectivity index (χ3v) is 4.71. The maximum atomic E-state index is 13.2. The van der Waals surface area contributed by atoms with Gasteiger partial charge in [-0.15, -0.1) is 0 Å². The van der Waals surface area contributed by atoms with Crippen LogP contribution in [0.3, 0.4) is 0 Å². The quantitative estimate of drug-likeness (QED) is 0.516. The van der Waals surface area contributed by atoms with Gasteiger partial charge in [0.2, 0.25) is 0 Å². The highest BCUT2D eigenvalue weighted by atomic mass is 16.5. The fourth-order valence-corrected chi connectivity index (χ4v) is 3.39. The summed E-state index contributed by atoms with van der Waals surface area (Å²) >= 11 is 0. The average molecular weight is 406 g/mol. The smallest absolute Gasteiger partial charge is 0.256 e. The Hall–Kier alpha value is -3.81. The second-order valence-corrected chi connectivity index (χ2v) is 6.69. The number of amides is 1. The zero-order valence-electron chi connectivity index (χ0n) is 17.2. The lowest BCUT2D eigenvalue weighted by Crippen LogP contribution is -2.13. The van der Waals surface area contributed by atoms with E-state index in [1.807, 2.05) is 13.8 Å². The van der Waals surface area contributed by atoms with Gasteiger partial charge in [-0.05, 0) is 44.2 Å². The van der Waals surface area contributed by atoms with Gasteiger partial charge in [0.1, 0.15) is 5.69 Å². The summed E-state index contributed by atoms with van der Waals surface area (Å²) in [6, 6.07) is 10.6. The number of aromatic nitrogens is 3. The average Bonchev–Trinajstić information content (AvgIpc) is 3.37. The van der Waals surface area contributed by atoms with Crippen molar-refractivity contribution in [1.82, 2.24) is 14.8 Å². The number of ether oxygens (including phenoxy) is 2. The maximum absolute atomic E-state index is 13.2. The van der Waals surface area contributed by atoms with Crippen molar-refractivity contribution in [3.05, 3.63) is 53.9 Å². The zero-order valence-corrected chi connectivity index (χ0v) is 17.2. The van der Waals surface area contributed by atoms with Crippen LogP contribution in [0.1, 0.15) is 23.0 Å². The number of hydrogen-bond acceptors (Lipinski definition) is 6. The van der Waals surface area contributed by atoms with E-state index in [9.17, 15) is 4.79 Å². The van der Waals surface area contributed by atoms with Crippen molar-refractivity contribution >= 4 is 22.6 Å². The molecular weight excluding hydrogens is 384 g/mol. The highest BCUT2D eigenvalue weighted by molar-refractivity contribution is 6.13. The number of aryl methyl sites for hydroxylation is 2. The van der Waals surface area contributed by atoms with Crippen LogP contribution in [0.4, 0.5) is 5.69 Å². The third kappa shape index (κ3) is 3.47. The van der Waals surface area contributed by atoms with Gasteiger partial charge in [0.05, 0.1) is 36.6 Å². The number of fused-ring (bicyclic) bond motifs is 1. The summed E-state index contributed by atoms with van der Waals surface area (Å²) in [4.78, 5) is 17.9. The van der Waals surface area contributed by atoms with Crippen molar-refractivity contribution < 1.29 is 18.7 Å². The van der Waals surface area contributed by atoms with E-state index >= 15 is 0 Å². The van der Waals surface area contributed by atoms with Gasteiger partial charge in [0.25, 0.3) is 5.91 Å². The Bertz CT molecular complexity index is 1210. The molecule has 8 heteroatoms. The monoisotopic (exact) mass is 406 g/mol. The molecule has 30 heavy (non-hydrogen) atoms. The number of anilines is 1. The molecule has 3 heterocycles. The van der Waals surface area contributed by atoms with Crippen molar-refractivity contribution in [3.8, 4) is 23.0 Å². The van der Waals surface area contributed by atoms with Gasteiger partial charge < -0.3 is 19.2 Å². The van der Waals surface area contributed by atoms with Gasteiger partial charge in [-0.3, -0.25) is 9.48 Å². The molecule has 0 radical (unpaired) electrons. The summed E-state index contributed by atoms with van der Waals surface area (Å²) in [6.07, 6.45) is 1.57. The molecule has 0 spiro atoms. The molecule has 0 saturated heterocycles. The van der Waals surface area contributed by atoms with Gasteiger partial charge >= 0.3 is 0 Å². The lowest BCUT2D eigenvalue weighted by molar-refractivity contribution is 0.102. The van der Waals surface area contributed by atoms with Crippen LogP contribution in [0, 0.1) is 6.92 Å². The van der Waals surface area contributed by atoms with Gasteiger partial charge in [-0.1, -0.05) is 0 Å². The Balaban J connectivity index is 1.76. The number of pyridine rings is 1. The summed E-state index contributed by atoms with van der Waals surface area (Å²) < 4.78 is 18.1. The Labute approximate surface area is 173 Å². The van der Waals surface area contributed by atoms with Crippen molar-refractivity contribution in [1.29, 1.82) is 0 Å². The van der Waals surface area contributed by atoms with Crippen LogP contribution in [-0.2, 0) is 7.05 Å². The Morgan fingerprint density at radius 3 is 2.77 bits per heavy atom. The minimum Gasteiger partial charge on any atom is -0.493 e. The topological polar surface area (TPSA) is 91.4 Å². The number of nitrogens with zero attached hydrogens (tertiary/aromatic N) is 3. The molecule has 0 atom stereocenters. The minimum atomic E-state index is -0.280. The molecule has 0 bridgehead atoms. The minimum absolute atomic E-state index is 0.280. The number of furan rings is 1. The summed E-state index contributed by atoms with van der Waals surface area (Å²) in [5.41, 5.74) is 2.94. The van der Waals surface area contributed by atoms with E-state index in [2.05, 4.69) is 15.4 Å². The van der Waals surface area contributed by atoms with Crippen LogP contribution in [0.15, 0.2) is 47.1 Å². The highest BCUT2D eigenvalue weighted by Crippen LogP contribution is 2.31. The van der Waals surface area contributed by atoms with Crippen LogP contribution in [0.25, 0.3) is 22.5 Å². The molecule has 1 aromatic carbocycles. The largest absolute Gasteiger partial charge is 0.493 e. The fourth-order valence-electron chi connectivity index (χ4n) is 3.39. The molecular formula is C22H22N4O4. The normalized spacial score (nSPS) is 10.9.